The molecule has 2 aliphatic carbocycles. The molecule has 0 aliphatic heterocycles. The van der Waals surface area contributed by atoms with Gasteiger partial charge in [-0.05, 0) is 89.9 Å². The maximum Gasteiger partial charge on any atom is 0.0466 e. The van der Waals surface area contributed by atoms with Gasteiger partial charge in [-0.2, -0.15) is 0 Å². The molecule has 0 N–H and O–H groups in total. The Bertz CT molecular complexity index is 303. The molecule has 0 spiro atoms. The fourth-order valence-electron chi connectivity index (χ4n) is 3.83. The number of rotatable bonds is 10. The van der Waals surface area contributed by atoms with Gasteiger partial charge >= 0.3 is 0 Å². The number of hydrogen-bond acceptors (Lipinski definition) is 1. The molecule has 1 nitrogen and oxygen atoms in total. The zero-order chi connectivity index (χ0) is 16.0. The molecular weight excluding hydrogens is 280 g/mol. The Hall–Kier alpha value is -0.560. The highest BCUT2D eigenvalue weighted by Gasteiger charge is 2.04. The van der Waals surface area contributed by atoms with Crippen LogP contribution < -0.4 is 0 Å². The minimum Gasteiger partial charge on any atom is -0.381 e. The number of hydrogen-bond donors (Lipinski definition) is 0. The van der Waals surface area contributed by atoms with E-state index in [2.05, 4.69) is 12.2 Å². The van der Waals surface area contributed by atoms with Gasteiger partial charge in [-0.15, -0.1) is 0 Å². The maximum absolute atomic E-state index is 5.78. The van der Waals surface area contributed by atoms with Gasteiger partial charge in [0.2, 0.25) is 0 Å². The zero-order valence-electron chi connectivity index (χ0n) is 15.3. The first-order valence-corrected chi connectivity index (χ1v) is 10.4. The van der Waals surface area contributed by atoms with E-state index in [-0.39, 0.29) is 0 Å². The molecule has 0 heterocycles. The van der Waals surface area contributed by atoms with Gasteiger partial charge in [0.05, 0.1) is 0 Å². The van der Waals surface area contributed by atoms with Gasteiger partial charge in [0.25, 0.3) is 0 Å². The lowest BCUT2D eigenvalue weighted by molar-refractivity contribution is 0.127. The third kappa shape index (κ3) is 9.35. The van der Waals surface area contributed by atoms with Crippen molar-refractivity contribution >= 4 is 0 Å². The summed E-state index contributed by atoms with van der Waals surface area (Å²) >= 11 is 0. The van der Waals surface area contributed by atoms with E-state index in [9.17, 15) is 0 Å². The van der Waals surface area contributed by atoms with Crippen LogP contribution in [-0.4, -0.2) is 13.2 Å². The highest BCUT2D eigenvalue weighted by molar-refractivity contribution is 5.04. The van der Waals surface area contributed by atoms with Crippen LogP contribution in [0.1, 0.15) is 103 Å². The minimum atomic E-state index is 0.963. The van der Waals surface area contributed by atoms with Crippen LogP contribution in [0, 0.1) is 0 Å². The van der Waals surface area contributed by atoms with Gasteiger partial charge in [-0.25, -0.2) is 0 Å². The van der Waals surface area contributed by atoms with Gasteiger partial charge in [0.15, 0.2) is 0 Å². The molecule has 0 aromatic heterocycles. The smallest absolute Gasteiger partial charge is 0.0466 e. The second-order valence-electron chi connectivity index (χ2n) is 7.45. The fraction of sp³-hybridized carbons (Fsp3) is 0.818. The Kier molecular flexibility index (Phi) is 10.5. The van der Waals surface area contributed by atoms with Crippen molar-refractivity contribution in [2.24, 2.45) is 0 Å². The number of ether oxygens (including phenoxy) is 1. The molecule has 0 bridgehead atoms. The normalized spacial score (nSPS) is 19.0. The second kappa shape index (κ2) is 12.8. The van der Waals surface area contributed by atoms with E-state index in [1.807, 2.05) is 0 Å². The van der Waals surface area contributed by atoms with E-state index >= 15 is 0 Å². The molecular formula is C22H38O. The largest absolute Gasteiger partial charge is 0.381 e. The molecule has 23 heavy (non-hydrogen) atoms. The minimum absolute atomic E-state index is 0.963. The second-order valence-corrected chi connectivity index (χ2v) is 7.45. The Balaban J connectivity index is 1.34. The van der Waals surface area contributed by atoms with E-state index in [4.69, 9.17) is 4.74 Å². The van der Waals surface area contributed by atoms with Crippen molar-refractivity contribution < 1.29 is 4.74 Å². The summed E-state index contributed by atoms with van der Waals surface area (Å²) in [6.45, 7) is 1.93. The molecule has 0 atom stereocenters. The Morgan fingerprint density at radius 2 is 1.00 bits per heavy atom. The van der Waals surface area contributed by atoms with Crippen molar-refractivity contribution in [2.45, 2.75) is 103 Å². The van der Waals surface area contributed by atoms with Gasteiger partial charge in [0.1, 0.15) is 0 Å². The number of allylic oxidation sites excluding steroid dienone is 4. The summed E-state index contributed by atoms with van der Waals surface area (Å²) in [5.41, 5.74) is 3.45. The van der Waals surface area contributed by atoms with E-state index in [1.54, 1.807) is 11.1 Å². The summed E-state index contributed by atoms with van der Waals surface area (Å²) in [4.78, 5) is 0. The zero-order valence-corrected chi connectivity index (χ0v) is 15.3. The molecule has 0 unspecified atom stereocenters. The Morgan fingerprint density at radius 1 is 0.565 bits per heavy atom. The standard InChI is InChI=1S/C22H38O/c1-5-13-21(14-6-1)17-9-3-11-19-23-20-12-4-10-18-22-15-7-2-8-16-22/h17-18H,1-16,19-20H2. The fourth-order valence-corrected chi connectivity index (χ4v) is 3.83. The average molecular weight is 319 g/mol. The number of unbranched alkanes of at least 4 members (excludes halogenated alkanes) is 4. The summed E-state index contributed by atoms with van der Waals surface area (Å²) in [5, 5.41) is 0. The van der Waals surface area contributed by atoms with Crippen LogP contribution >= 0.6 is 0 Å². The molecule has 2 aliphatic rings. The SMILES string of the molecule is C(CCCCOCCCCC=C1CCCCC1)=C1CCCCC1. The molecule has 0 amide bonds. The lowest BCUT2D eigenvalue weighted by Gasteiger charge is -2.13. The lowest BCUT2D eigenvalue weighted by Crippen LogP contribution is -1.97. The van der Waals surface area contributed by atoms with E-state index < -0.39 is 0 Å². The first-order chi connectivity index (χ1) is 11.4. The van der Waals surface area contributed by atoms with Crippen molar-refractivity contribution in [3.8, 4) is 0 Å². The molecule has 0 saturated heterocycles. The molecule has 2 saturated carbocycles. The summed E-state index contributed by atoms with van der Waals surface area (Å²) in [6, 6.07) is 0. The third-order valence-corrected chi connectivity index (χ3v) is 5.34. The molecule has 132 valence electrons. The molecule has 2 fully saturated rings. The van der Waals surface area contributed by atoms with Gasteiger partial charge in [0, 0.05) is 13.2 Å². The van der Waals surface area contributed by atoms with Gasteiger partial charge in [-0.3, -0.25) is 0 Å². The highest BCUT2D eigenvalue weighted by atomic mass is 16.5. The van der Waals surface area contributed by atoms with Crippen LogP contribution in [0.2, 0.25) is 0 Å². The van der Waals surface area contributed by atoms with Crippen LogP contribution in [0.15, 0.2) is 23.3 Å². The molecule has 0 radical (unpaired) electrons. The summed E-state index contributed by atoms with van der Waals surface area (Å²) in [7, 11) is 0. The van der Waals surface area contributed by atoms with E-state index in [1.165, 1.54) is 103 Å². The van der Waals surface area contributed by atoms with Crippen molar-refractivity contribution in [3.05, 3.63) is 23.3 Å². The summed E-state index contributed by atoms with van der Waals surface area (Å²) < 4.78 is 5.78. The quantitative estimate of drug-likeness (QED) is 0.307. The van der Waals surface area contributed by atoms with Crippen molar-refractivity contribution in [1.29, 1.82) is 0 Å². The van der Waals surface area contributed by atoms with Crippen molar-refractivity contribution in [1.82, 2.24) is 0 Å². The van der Waals surface area contributed by atoms with Crippen LogP contribution in [0.5, 0.6) is 0 Å². The van der Waals surface area contributed by atoms with Crippen molar-refractivity contribution in [2.75, 3.05) is 13.2 Å². The van der Waals surface area contributed by atoms with Gasteiger partial charge in [-0.1, -0.05) is 36.1 Å². The predicted molar refractivity (Wildman–Crippen MR) is 101 cm³/mol. The van der Waals surface area contributed by atoms with Crippen LogP contribution in [-0.2, 0) is 4.74 Å². The first-order valence-electron chi connectivity index (χ1n) is 10.4. The summed E-state index contributed by atoms with van der Waals surface area (Å²) in [5.74, 6) is 0. The molecule has 2 rings (SSSR count). The van der Waals surface area contributed by atoms with E-state index in [0.29, 0.717) is 0 Å². The highest BCUT2D eigenvalue weighted by Crippen LogP contribution is 2.24. The van der Waals surface area contributed by atoms with Crippen molar-refractivity contribution in [3.63, 3.8) is 0 Å². The maximum atomic E-state index is 5.78. The van der Waals surface area contributed by atoms with Gasteiger partial charge < -0.3 is 4.74 Å². The summed E-state index contributed by atoms with van der Waals surface area (Å²) in [6.07, 6.45) is 26.7. The van der Waals surface area contributed by atoms with E-state index in [0.717, 1.165) is 13.2 Å². The monoisotopic (exact) mass is 318 g/mol. The van der Waals surface area contributed by atoms with Crippen LogP contribution in [0.4, 0.5) is 0 Å². The Labute approximate surface area is 144 Å². The van der Waals surface area contributed by atoms with Crippen LogP contribution in [0.3, 0.4) is 0 Å². The topological polar surface area (TPSA) is 9.23 Å². The first kappa shape index (κ1) is 18.8. The third-order valence-electron chi connectivity index (χ3n) is 5.34. The molecule has 1 heteroatoms. The lowest BCUT2D eigenvalue weighted by atomic mass is 9.94. The molecule has 0 aromatic carbocycles. The average Bonchev–Trinajstić information content (AvgIpc) is 2.61. The van der Waals surface area contributed by atoms with Crippen LogP contribution in [0.25, 0.3) is 0 Å². The molecule has 0 aromatic rings. The Morgan fingerprint density at radius 3 is 1.43 bits per heavy atom. The predicted octanol–water partition coefficient (Wildman–Crippen LogP) is 7.12.